The minimum absolute atomic E-state index is 0.0967. The average Bonchev–Trinajstić information content (AvgIpc) is 2.60. The van der Waals surface area contributed by atoms with E-state index in [1.807, 2.05) is 44.2 Å². The van der Waals surface area contributed by atoms with Gasteiger partial charge in [0.05, 0.1) is 11.5 Å². The second-order valence-corrected chi connectivity index (χ2v) is 5.42. The summed E-state index contributed by atoms with van der Waals surface area (Å²) >= 11 is 0. The molecule has 1 aliphatic heterocycles. The molecular weight excluding hydrogens is 240 g/mol. The third-order valence-electron chi connectivity index (χ3n) is 3.52. The number of fused-ring (bicyclic) bond motifs is 1. The standard InChI is InChI=1S/C15H16N2O2/c1-9-16-13(18)11-12(10-7-5-4-6-8-10)15(2,3)19-14(11)17-9/h4-8,12H,1-3H3,(H,16,17,18)/t12-/m1/s1. The van der Waals surface area contributed by atoms with Crippen molar-refractivity contribution in [3.8, 4) is 5.88 Å². The van der Waals surface area contributed by atoms with Crippen LogP contribution in [0.2, 0.25) is 0 Å². The van der Waals surface area contributed by atoms with E-state index in [2.05, 4.69) is 9.97 Å². The molecule has 2 heterocycles. The van der Waals surface area contributed by atoms with Gasteiger partial charge in [-0.2, -0.15) is 0 Å². The second-order valence-electron chi connectivity index (χ2n) is 5.42. The Balaban J connectivity index is 2.24. The molecule has 1 atom stereocenters. The van der Waals surface area contributed by atoms with Crippen molar-refractivity contribution in [3.05, 3.63) is 57.6 Å². The summed E-state index contributed by atoms with van der Waals surface area (Å²) in [4.78, 5) is 19.3. The Hall–Kier alpha value is -2.10. The first-order valence-corrected chi connectivity index (χ1v) is 6.34. The number of nitrogens with zero attached hydrogens (tertiary/aromatic N) is 1. The van der Waals surface area contributed by atoms with E-state index in [1.165, 1.54) is 0 Å². The molecule has 1 aromatic carbocycles. The molecule has 4 heteroatoms. The quantitative estimate of drug-likeness (QED) is 0.852. The number of benzene rings is 1. The van der Waals surface area contributed by atoms with E-state index >= 15 is 0 Å². The summed E-state index contributed by atoms with van der Waals surface area (Å²) in [5.41, 5.74) is 1.11. The van der Waals surface area contributed by atoms with Crippen LogP contribution in [-0.4, -0.2) is 15.6 Å². The lowest BCUT2D eigenvalue weighted by molar-refractivity contribution is 0.117. The number of hydrogen-bond acceptors (Lipinski definition) is 3. The van der Waals surface area contributed by atoms with Crippen molar-refractivity contribution in [2.45, 2.75) is 32.3 Å². The molecule has 4 nitrogen and oxygen atoms in total. The van der Waals surface area contributed by atoms with Crippen molar-refractivity contribution in [1.29, 1.82) is 0 Å². The molecule has 19 heavy (non-hydrogen) atoms. The number of aryl methyl sites for hydroxylation is 1. The summed E-state index contributed by atoms with van der Waals surface area (Å²) in [6.45, 7) is 5.73. The Morgan fingerprint density at radius 2 is 1.95 bits per heavy atom. The Morgan fingerprint density at radius 3 is 2.63 bits per heavy atom. The monoisotopic (exact) mass is 256 g/mol. The summed E-state index contributed by atoms with van der Waals surface area (Å²) < 4.78 is 5.89. The highest BCUT2D eigenvalue weighted by Crippen LogP contribution is 2.45. The van der Waals surface area contributed by atoms with Crippen LogP contribution in [0.25, 0.3) is 0 Å². The van der Waals surface area contributed by atoms with Crippen molar-refractivity contribution < 1.29 is 4.74 Å². The lowest BCUT2D eigenvalue weighted by atomic mass is 9.82. The summed E-state index contributed by atoms with van der Waals surface area (Å²) in [5, 5.41) is 0. The van der Waals surface area contributed by atoms with Crippen molar-refractivity contribution in [1.82, 2.24) is 9.97 Å². The van der Waals surface area contributed by atoms with Crippen molar-refractivity contribution in [2.75, 3.05) is 0 Å². The predicted octanol–water partition coefficient (Wildman–Crippen LogP) is 2.38. The highest BCUT2D eigenvalue weighted by atomic mass is 16.5. The minimum Gasteiger partial charge on any atom is -0.470 e. The van der Waals surface area contributed by atoms with Gasteiger partial charge in [0.2, 0.25) is 5.88 Å². The SMILES string of the molecule is Cc1nc2c(c(=O)[nH]1)[C@@H](c1ccccc1)C(C)(C)O2. The normalized spacial score (nSPS) is 19.8. The largest absolute Gasteiger partial charge is 0.470 e. The van der Waals surface area contributed by atoms with Gasteiger partial charge in [-0.15, -0.1) is 0 Å². The number of aromatic amines is 1. The summed E-state index contributed by atoms with van der Waals surface area (Å²) in [7, 11) is 0. The van der Waals surface area contributed by atoms with Crippen LogP contribution in [0.3, 0.4) is 0 Å². The highest BCUT2D eigenvalue weighted by Gasteiger charge is 2.45. The van der Waals surface area contributed by atoms with E-state index in [4.69, 9.17) is 4.74 Å². The molecule has 0 spiro atoms. The summed E-state index contributed by atoms with van der Waals surface area (Å²) in [5.74, 6) is 0.939. The van der Waals surface area contributed by atoms with Crippen LogP contribution in [0.4, 0.5) is 0 Å². The summed E-state index contributed by atoms with van der Waals surface area (Å²) in [6.07, 6.45) is 0. The fraction of sp³-hybridized carbons (Fsp3) is 0.333. The number of rotatable bonds is 1. The number of nitrogens with one attached hydrogen (secondary N) is 1. The smallest absolute Gasteiger partial charge is 0.258 e. The van der Waals surface area contributed by atoms with Gasteiger partial charge in [-0.1, -0.05) is 30.3 Å². The summed E-state index contributed by atoms with van der Waals surface area (Å²) in [6, 6.07) is 9.94. The highest BCUT2D eigenvalue weighted by molar-refractivity contribution is 5.44. The van der Waals surface area contributed by atoms with Crippen LogP contribution >= 0.6 is 0 Å². The van der Waals surface area contributed by atoms with Crippen LogP contribution in [0.5, 0.6) is 5.88 Å². The van der Waals surface area contributed by atoms with Crippen LogP contribution in [0, 0.1) is 6.92 Å². The Bertz CT molecular complexity index is 674. The predicted molar refractivity (Wildman–Crippen MR) is 72.6 cm³/mol. The molecule has 2 aromatic rings. The van der Waals surface area contributed by atoms with E-state index < -0.39 is 5.60 Å². The number of hydrogen-bond donors (Lipinski definition) is 1. The van der Waals surface area contributed by atoms with Gasteiger partial charge in [-0.25, -0.2) is 4.98 Å². The van der Waals surface area contributed by atoms with Crippen molar-refractivity contribution >= 4 is 0 Å². The van der Waals surface area contributed by atoms with E-state index in [0.717, 1.165) is 5.56 Å². The Morgan fingerprint density at radius 1 is 1.26 bits per heavy atom. The fourth-order valence-corrected chi connectivity index (χ4v) is 2.77. The average molecular weight is 256 g/mol. The van der Waals surface area contributed by atoms with Gasteiger partial charge < -0.3 is 9.72 Å². The Labute approximate surface area is 111 Å². The van der Waals surface area contributed by atoms with Crippen LogP contribution in [0.15, 0.2) is 35.1 Å². The molecule has 0 bridgehead atoms. The topological polar surface area (TPSA) is 55.0 Å². The van der Waals surface area contributed by atoms with Gasteiger partial charge >= 0.3 is 0 Å². The first kappa shape index (κ1) is 12.0. The molecule has 1 N–H and O–H groups in total. The van der Waals surface area contributed by atoms with E-state index in [9.17, 15) is 4.79 Å². The van der Waals surface area contributed by atoms with Gasteiger partial charge in [-0.3, -0.25) is 4.79 Å². The molecule has 1 aliphatic rings. The van der Waals surface area contributed by atoms with Crippen molar-refractivity contribution in [2.24, 2.45) is 0 Å². The van der Waals surface area contributed by atoms with E-state index in [0.29, 0.717) is 17.3 Å². The van der Waals surface area contributed by atoms with E-state index in [1.54, 1.807) is 6.92 Å². The maximum atomic E-state index is 12.2. The maximum absolute atomic E-state index is 12.2. The van der Waals surface area contributed by atoms with Crippen molar-refractivity contribution in [3.63, 3.8) is 0 Å². The molecule has 0 fully saturated rings. The fourth-order valence-electron chi connectivity index (χ4n) is 2.77. The first-order chi connectivity index (χ1) is 8.99. The molecule has 0 saturated heterocycles. The molecule has 98 valence electrons. The Kier molecular flexibility index (Phi) is 2.49. The molecule has 0 aliphatic carbocycles. The third-order valence-corrected chi connectivity index (χ3v) is 3.52. The molecule has 0 saturated carbocycles. The maximum Gasteiger partial charge on any atom is 0.258 e. The molecule has 0 unspecified atom stereocenters. The number of ether oxygens (including phenoxy) is 1. The lowest BCUT2D eigenvalue weighted by Gasteiger charge is -2.25. The molecule has 0 amide bonds. The zero-order chi connectivity index (χ0) is 13.6. The molecular formula is C15H16N2O2. The van der Waals surface area contributed by atoms with Crippen LogP contribution < -0.4 is 10.3 Å². The zero-order valence-electron chi connectivity index (χ0n) is 11.2. The van der Waals surface area contributed by atoms with E-state index in [-0.39, 0.29) is 11.5 Å². The van der Waals surface area contributed by atoms with Crippen LogP contribution in [-0.2, 0) is 0 Å². The third kappa shape index (κ3) is 1.84. The molecule has 0 radical (unpaired) electrons. The van der Waals surface area contributed by atoms with Gasteiger partial charge in [0.25, 0.3) is 5.56 Å². The molecule has 1 aromatic heterocycles. The number of H-pyrrole nitrogens is 1. The lowest BCUT2D eigenvalue weighted by Crippen LogP contribution is -2.32. The van der Waals surface area contributed by atoms with Gasteiger partial charge in [0, 0.05) is 0 Å². The minimum atomic E-state index is -0.475. The van der Waals surface area contributed by atoms with Gasteiger partial charge in [0.15, 0.2) is 0 Å². The second kappa shape index (κ2) is 3.95. The van der Waals surface area contributed by atoms with Crippen LogP contribution in [0.1, 0.15) is 36.7 Å². The van der Waals surface area contributed by atoms with Gasteiger partial charge in [-0.05, 0) is 26.3 Å². The first-order valence-electron chi connectivity index (χ1n) is 6.34. The zero-order valence-corrected chi connectivity index (χ0v) is 11.2. The molecule has 3 rings (SSSR count). The van der Waals surface area contributed by atoms with Gasteiger partial charge in [0.1, 0.15) is 11.4 Å². The number of aromatic nitrogens is 2.